The molecule has 0 fully saturated rings. The second-order valence-electron chi connectivity index (χ2n) is 5.19. The molecule has 138 valence electrons. The van der Waals surface area contributed by atoms with Gasteiger partial charge in [0, 0.05) is 12.1 Å². The SMILES string of the molecule is O=C(COC(=O)COc1ccc([N+](=O)[O-])cc1)Nc1cccc2nsnc12. The number of benzene rings is 2. The van der Waals surface area contributed by atoms with E-state index in [-0.39, 0.29) is 11.4 Å². The summed E-state index contributed by atoms with van der Waals surface area (Å²) in [6.45, 7) is -0.924. The largest absolute Gasteiger partial charge is 0.482 e. The second-order valence-corrected chi connectivity index (χ2v) is 5.71. The molecule has 0 aliphatic heterocycles. The monoisotopic (exact) mass is 388 g/mol. The summed E-state index contributed by atoms with van der Waals surface area (Å²) in [6, 6.07) is 10.4. The summed E-state index contributed by atoms with van der Waals surface area (Å²) in [5.41, 5.74) is 1.60. The first-order valence-electron chi connectivity index (χ1n) is 7.57. The first kappa shape index (κ1) is 18.2. The number of aromatic nitrogens is 2. The first-order valence-corrected chi connectivity index (χ1v) is 8.30. The average Bonchev–Trinajstić information content (AvgIpc) is 3.15. The number of nitro groups is 1. The van der Waals surface area contributed by atoms with Crippen LogP contribution in [0.15, 0.2) is 42.5 Å². The molecule has 0 saturated heterocycles. The number of nitrogens with one attached hydrogen (secondary N) is 1. The van der Waals surface area contributed by atoms with Gasteiger partial charge in [0.1, 0.15) is 16.8 Å². The van der Waals surface area contributed by atoms with Gasteiger partial charge in [-0.1, -0.05) is 6.07 Å². The maximum atomic E-state index is 11.9. The maximum absolute atomic E-state index is 11.9. The number of amides is 1. The molecule has 0 radical (unpaired) electrons. The van der Waals surface area contributed by atoms with Crippen molar-refractivity contribution in [1.82, 2.24) is 8.75 Å². The zero-order chi connectivity index (χ0) is 19.2. The fourth-order valence-electron chi connectivity index (χ4n) is 2.09. The number of carbonyl (C=O) groups is 2. The molecule has 1 heterocycles. The van der Waals surface area contributed by atoms with Crippen LogP contribution in [0.1, 0.15) is 0 Å². The van der Waals surface area contributed by atoms with Gasteiger partial charge < -0.3 is 14.8 Å². The van der Waals surface area contributed by atoms with Gasteiger partial charge in [0.15, 0.2) is 13.2 Å². The van der Waals surface area contributed by atoms with Crippen molar-refractivity contribution in [3.8, 4) is 5.75 Å². The van der Waals surface area contributed by atoms with Crippen molar-refractivity contribution in [3.63, 3.8) is 0 Å². The maximum Gasteiger partial charge on any atom is 0.344 e. The predicted octanol–water partition coefficient (Wildman–Crippen LogP) is 2.16. The van der Waals surface area contributed by atoms with Crippen LogP contribution in [-0.4, -0.2) is 38.8 Å². The lowest BCUT2D eigenvalue weighted by atomic mass is 10.2. The minimum Gasteiger partial charge on any atom is -0.482 e. The number of rotatable bonds is 7. The summed E-state index contributed by atoms with van der Waals surface area (Å²) in [7, 11) is 0. The fraction of sp³-hybridized carbons (Fsp3) is 0.125. The van der Waals surface area contributed by atoms with E-state index in [0.717, 1.165) is 11.7 Å². The number of nitrogens with zero attached hydrogens (tertiary/aromatic N) is 3. The van der Waals surface area contributed by atoms with E-state index < -0.39 is 30.0 Å². The molecule has 0 atom stereocenters. The Labute approximate surface area is 156 Å². The number of anilines is 1. The molecule has 1 N–H and O–H groups in total. The van der Waals surface area contributed by atoms with Gasteiger partial charge in [-0.05, 0) is 24.3 Å². The third-order valence-electron chi connectivity index (χ3n) is 3.33. The van der Waals surface area contributed by atoms with E-state index in [0.29, 0.717) is 16.7 Å². The molecule has 1 amide bonds. The molecule has 0 bridgehead atoms. The Hall–Kier alpha value is -3.60. The van der Waals surface area contributed by atoms with E-state index in [1.165, 1.54) is 24.3 Å². The van der Waals surface area contributed by atoms with Crippen molar-refractivity contribution in [2.75, 3.05) is 18.5 Å². The van der Waals surface area contributed by atoms with Crippen LogP contribution in [0.3, 0.4) is 0 Å². The molecule has 1 aromatic heterocycles. The Morgan fingerprint density at radius 1 is 1.11 bits per heavy atom. The van der Waals surface area contributed by atoms with E-state index in [2.05, 4.69) is 14.1 Å². The van der Waals surface area contributed by atoms with Crippen molar-refractivity contribution < 1.29 is 24.0 Å². The molecular formula is C16H12N4O6S. The average molecular weight is 388 g/mol. The molecule has 27 heavy (non-hydrogen) atoms. The highest BCUT2D eigenvalue weighted by Crippen LogP contribution is 2.21. The van der Waals surface area contributed by atoms with Crippen LogP contribution < -0.4 is 10.1 Å². The van der Waals surface area contributed by atoms with Crippen LogP contribution in [0.2, 0.25) is 0 Å². The molecule has 3 rings (SSSR count). The highest BCUT2D eigenvalue weighted by molar-refractivity contribution is 7.00. The number of hydrogen-bond donors (Lipinski definition) is 1. The van der Waals surface area contributed by atoms with Crippen LogP contribution in [0.25, 0.3) is 11.0 Å². The third-order valence-corrected chi connectivity index (χ3v) is 3.87. The Kier molecular flexibility index (Phi) is 5.52. The van der Waals surface area contributed by atoms with Gasteiger partial charge in [-0.3, -0.25) is 14.9 Å². The zero-order valence-corrected chi connectivity index (χ0v) is 14.5. The summed E-state index contributed by atoms with van der Waals surface area (Å²) in [6.07, 6.45) is 0. The van der Waals surface area contributed by atoms with E-state index >= 15 is 0 Å². The number of nitro benzene ring substituents is 1. The highest BCUT2D eigenvalue weighted by atomic mass is 32.1. The third kappa shape index (κ3) is 4.73. The van der Waals surface area contributed by atoms with Crippen molar-refractivity contribution >= 4 is 46.0 Å². The van der Waals surface area contributed by atoms with Crippen molar-refractivity contribution in [1.29, 1.82) is 0 Å². The molecule has 10 nitrogen and oxygen atoms in total. The second kappa shape index (κ2) is 8.19. The Morgan fingerprint density at radius 2 is 1.89 bits per heavy atom. The van der Waals surface area contributed by atoms with Crippen LogP contribution in [0.4, 0.5) is 11.4 Å². The number of fused-ring (bicyclic) bond motifs is 1. The summed E-state index contributed by atoms with van der Waals surface area (Å²) in [4.78, 5) is 33.6. The van der Waals surface area contributed by atoms with Crippen LogP contribution in [-0.2, 0) is 14.3 Å². The molecule has 0 saturated carbocycles. The fourth-order valence-corrected chi connectivity index (χ4v) is 2.64. The van der Waals surface area contributed by atoms with E-state index in [4.69, 9.17) is 9.47 Å². The standard InChI is InChI=1S/C16H12N4O6S/c21-14(17-12-2-1-3-13-16(12)19-27-18-13)8-26-15(22)9-25-11-6-4-10(5-7-11)20(23)24/h1-7H,8-9H2,(H,17,21). The molecule has 0 aliphatic rings. The molecule has 0 spiro atoms. The van der Waals surface area contributed by atoms with E-state index in [9.17, 15) is 19.7 Å². The molecular weight excluding hydrogens is 376 g/mol. The van der Waals surface area contributed by atoms with Gasteiger partial charge in [-0.15, -0.1) is 0 Å². The van der Waals surface area contributed by atoms with Gasteiger partial charge in [-0.2, -0.15) is 8.75 Å². The number of esters is 1. The molecule has 11 heteroatoms. The van der Waals surface area contributed by atoms with Crippen LogP contribution >= 0.6 is 11.7 Å². The normalized spacial score (nSPS) is 10.4. The quantitative estimate of drug-likeness (QED) is 0.370. The number of hydrogen-bond acceptors (Lipinski definition) is 9. The number of carbonyl (C=O) groups excluding carboxylic acids is 2. The van der Waals surface area contributed by atoms with Crippen molar-refractivity contribution in [2.24, 2.45) is 0 Å². The number of ether oxygens (including phenoxy) is 2. The summed E-state index contributed by atoms with van der Waals surface area (Å²) in [5, 5.41) is 13.2. The molecule has 2 aromatic carbocycles. The summed E-state index contributed by atoms with van der Waals surface area (Å²) in [5.74, 6) is -1.01. The van der Waals surface area contributed by atoms with Crippen molar-refractivity contribution in [3.05, 3.63) is 52.6 Å². The Morgan fingerprint density at radius 3 is 2.63 bits per heavy atom. The lowest BCUT2D eigenvalue weighted by Gasteiger charge is -2.08. The Bertz CT molecular complexity index is 988. The smallest absolute Gasteiger partial charge is 0.344 e. The first-order chi connectivity index (χ1) is 13.0. The minimum atomic E-state index is -0.753. The predicted molar refractivity (Wildman–Crippen MR) is 95.6 cm³/mol. The van der Waals surface area contributed by atoms with Gasteiger partial charge >= 0.3 is 5.97 Å². The minimum absolute atomic E-state index is 0.0908. The van der Waals surface area contributed by atoms with Crippen LogP contribution in [0, 0.1) is 10.1 Å². The van der Waals surface area contributed by atoms with Crippen molar-refractivity contribution in [2.45, 2.75) is 0 Å². The number of non-ortho nitro benzene ring substituents is 1. The molecule has 0 aliphatic carbocycles. The van der Waals surface area contributed by atoms with Gasteiger partial charge in [0.05, 0.1) is 22.3 Å². The molecule has 0 unspecified atom stereocenters. The Balaban J connectivity index is 1.45. The van der Waals surface area contributed by atoms with Gasteiger partial charge in [0.25, 0.3) is 11.6 Å². The van der Waals surface area contributed by atoms with E-state index in [1.807, 2.05) is 0 Å². The lowest BCUT2D eigenvalue weighted by molar-refractivity contribution is -0.384. The lowest BCUT2D eigenvalue weighted by Crippen LogP contribution is -2.23. The zero-order valence-electron chi connectivity index (χ0n) is 13.7. The van der Waals surface area contributed by atoms with E-state index in [1.54, 1.807) is 18.2 Å². The molecule has 3 aromatic rings. The summed E-state index contributed by atoms with van der Waals surface area (Å²) >= 11 is 1.03. The van der Waals surface area contributed by atoms with Gasteiger partial charge in [-0.25, -0.2) is 4.79 Å². The highest BCUT2D eigenvalue weighted by Gasteiger charge is 2.12. The van der Waals surface area contributed by atoms with Crippen LogP contribution in [0.5, 0.6) is 5.75 Å². The van der Waals surface area contributed by atoms with Gasteiger partial charge in [0.2, 0.25) is 0 Å². The topological polar surface area (TPSA) is 134 Å². The summed E-state index contributed by atoms with van der Waals surface area (Å²) < 4.78 is 18.2.